The molecule has 0 aromatic heterocycles. The number of nitrogens with zero attached hydrogens (tertiary/aromatic N) is 2. The molecule has 0 fully saturated rings. The summed E-state index contributed by atoms with van der Waals surface area (Å²) in [4.78, 5) is 44.6. The van der Waals surface area contributed by atoms with E-state index in [4.69, 9.17) is 9.57 Å². The number of aliphatic carboxylic acids is 1. The Labute approximate surface area is 290 Å². The van der Waals surface area contributed by atoms with Crippen LogP contribution in [0.25, 0.3) is 11.1 Å². The first-order valence-electron chi connectivity index (χ1n) is 16.0. The largest absolute Gasteiger partial charge is 0.497 e. The zero-order valence-corrected chi connectivity index (χ0v) is 27.6. The highest BCUT2D eigenvalue weighted by Gasteiger charge is 2.23. The van der Waals surface area contributed by atoms with Crippen molar-refractivity contribution in [3.8, 4) is 16.9 Å². The van der Waals surface area contributed by atoms with Crippen molar-refractivity contribution in [1.29, 1.82) is 0 Å². The summed E-state index contributed by atoms with van der Waals surface area (Å²) in [5, 5.41) is 19.9. The number of amidine groups is 1. The number of benzene rings is 5. The minimum absolute atomic E-state index is 0.0815. The molecule has 50 heavy (non-hydrogen) atoms. The molecular weight excluding hydrogens is 632 g/mol. The second kappa shape index (κ2) is 15.2. The molecule has 1 aliphatic rings. The van der Waals surface area contributed by atoms with Gasteiger partial charge in [-0.05, 0) is 65.6 Å². The number of rotatable bonds is 12. The van der Waals surface area contributed by atoms with Crippen LogP contribution < -0.4 is 15.4 Å². The monoisotopic (exact) mass is 668 g/mol. The first-order chi connectivity index (χ1) is 24.2. The van der Waals surface area contributed by atoms with Gasteiger partial charge in [-0.15, -0.1) is 0 Å². The molecule has 0 aliphatic carbocycles. The van der Waals surface area contributed by atoms with Crippen molar-refractivity contribution in [2.24, 2.45) is 5.16 Å². The summed E-state index contributed by atoms with van der Waals surface area (Å²) in [5.41, 5.74) is 7.59. The molecule has 0 radical (unpaired) electrons. The summed E-state index contributed by atoms with van der Waals surface area (Å²) < 4.78 is 5.15. The molecule has 6 rings (SSSR count). The van der Waals surface area contributed by atoms with Crippen molar-refractivity contribution < 1.29 is 29.1 Å². The van der Waals surface area contributed by atoms with E-state index in [2.05, 4.69) is 59.1 Å². The molecule has 252 valence electrons. The fraction of sp³-hybridized carbons (Fsp3) is 0.150. The maximum atomic E-state index is 13.4. The molecule has 1 aliphatic heterocycles. The number of carboxylic acid groups (broad SMARTS) is 1. The van der Waals surface area contributed by atoms with E-state index in [1.165, 1.54) is 10.5 Å². The van der Waals surface area contributed by atoms with E-state index in [1.807, 2.05) is 48.5 Å². The van der Waals surface area contributed by atoms with Crippen molar-refractivity contribution in [2.75, 3.05) is 19.0 Å². The van der Waals surface area contributed by atoms with Crippen LogP contribution in [-0.4, -0.2) is 47.3 Å². The zero-order chi connectivity index (χ0) is 35.0. The minimum Gasteiger partial charge on any atom is -0.497 e. The van der Waals surface area contributed by atoms with Gasteiger partial charge in [0.1, 0.15) is 12.3 Å². The zero-order valence-electron chi connectivity index (χ0n) is 27.6. The summed E-state index contributed by atoms with van der Waals surface area (Å²) in [6.07, 6.45) is -0.260. The average molecular weight is 669 g/mol. The van der Waals surface area contributed by atoms with E-state index in [0.717, 1.165) is 33.4 Å². The van der Waals surface area contributed by atoms with E-state index in [0.29, 0.717) is 22.8 Å². The van der Waals surface area contributed by atoms with Gasteiger partial charge in [0.2, 0.25) is 12.1 Å². The van der Waals surface area contributed by atoms with Gasteiger partial charge in [0.15, 0.2) is 5.84 Å². The number of ether oxygens (including phenoxy) is 1. The molecule has 5 aromatic rings. The highest BCUT2D eigenvalue weighted by molar-refractivity contribution is 5.99. The number of hydrogen-bond donors (Lipinski definition) is 3. The van der Waals surface area contributed by atoms with Crippen molar-refractivity contribution >= 4 is 29.3 Å². The van der Waals surface area contributed by atoms with E-state index < -0.39 is 24.6 Å². The number of carboxylic acids is 1. The first-order valence-corrected chi connectivity index (χ1v) is 16.0. The molecule has 10 heteroatoms. The first kappa shape index (κ1) is 33.5. The number of anilines is 1. The molecule has 0 spiro atoms. The summed E-state index contributed by atoms with van der Waals surface area (Å²) in [6.45, 7) is 1.67. The molecule has 0 bridgehead atoms. The van der Waals surface area contributed by atoms with Crippen LogP contribution in [0, 0.1) is 6.92 Å². The highest BCUT2D eigenvalue weighted by Crippen LogP contribution is 2.26. The number of nitrogens with one attached hydrogen (secondary N) is 2. The Bertz CT molecular complexity index is 1990. The third-order valence-electron chi connectivity index (χ3n) is 8.27. The van der Waals surface area contributed by atoms with Crippen LogP contribution in [0.2, 0.25) is 0 Å². The van der Waals surface area contributed by atoms with Crippen molar-refractivity contribution in [3.05, 3.63) is 155 Å². The fourth-order valence-electron chi connectivity index (χ4n) is 5.52. The van der Waals surface area contributed by atoms with Gasteiger partial charge in [0.05, 0.1) is 13.5 Å². The van der Waals surface area contributed by atoms with Crippen LogP contribution >= 0.6 is 0 Å². The van der Waals surface area contributed by atoms with Crippen molar-refractivity contribution in [2.45, 2.75) is 26.1 Å². The van der Waals surface area contributed by atoms with Crippen LogP contribution in [0.3, 0.4) is 0 Å². The number of carbonyl (C=O) groups excluding carboxylic acids is 2. The normalized spacial score (nSPS) is 13.4. The second-order valence-corrected chi connectivity index (χ2v) is 12.0. The minimum atomic E-state index is -1.13. The van der Waals surface area contributed by atoms with E-state index in [-0.39, 0.29) is 18.9 Å². The number of carbonyl (C=O) groups is 3. The average Bonchev–Trinajstić information content (AvgIpc) is 3.63. The van der Waals surface area contributed by atoms with Crippen LogP contribution in [0.4, 0.5) is 5.69 Å². The summed E-state index contributed by atoms with van der Waals surface area (Å²) >= 11 is 0. The lowest BCUT2D eigenvalue weighted by Crippen LogP contribution is -2.35. The van der Waals surface area contributed by atoms with Crippen molar-refractivity contribution in [1.82, 2.24) is 10.2 Å². The maximum Gasteiger partial charge on any atom is 0.323 e. The number of aryl methyl sites for hydroxylation is 1. The molecule has 1 atom stereocenters. The van der Waals surface area contributed by atoms with E-state index >= 15 is 0 Å². The number of methoxy groups -OCH3 is 1. The lowest BCUT2D eigenvalue weighted by atomic mass is 10.0. The smallest absolute Gasteiger partial charge is 0.323 e. The Hall–Kier alpha value is -6.42. The standard InChI is InChI=1S/C40H36N4O6/c1-26-3-9-29(10-4-26)30-13-15-32(16-14-30)39-42-38(43-50-39)31-11-5-28(6-12-31)24-44(25-37(46)47)40(48)33-17-19-34(20-18-33)41-36(45)23-27-7-21-35(49-2)22-8-27/h3-22,39H,23-25H2,1-2H3,(H,41,45)(H,42,43)(H,46,47). The maximum absolute atomic E-state index is 13.4. The third kappa shape index (κ3) is 8.35. The fourth-order valence-corrected chi connectivity index (χ4v) is 5.52. The van der Waals surface area contributed by atoms with Crippen LogP contribution in [0.5, 0.6) is 5.75 Å². The number of amides is 2. The number of hydrogen-bond acceptors (Lipinski definition) is 7. The quantitative estimate of drug-likeness (QED) is 0.137. The SMILES string of the molecule is COc1ccc(CC(=O)Nc2ccc(C(=O)N(CC(=O)O)Cc3ccc(C4=NOC(c5ccc(-c6ccc(C)cc6)cc5)N4)cc3)cc2)cc1. The van der Waals surface area contributed by atoms with Gasteiger partial charge in [0, 0.05) is 28.9 Å². The topological polar surface area (TPSA) is 130 Å². The molecule has 10 nitrogen and oxygen atoms in total. The highest BCUT2D eigenvalue weighted by atomic mass is 16.7. The summed E-state index contributed by atoms with van der Waals surface area (Å²) in [6, 6.07) is 37.5. The Morgan fingerprint density at radius 1 is 0.800 bits per heavy atom. The van der Waals surface area contributed by atoms with Gasteiger partial charge < -0.3 is 30.2 Å². The Morgan fingerprint density at radius 2 is 1.40 bits per heavy atom. The second-order valence-electron chi connectivity index (χ2n) is 12.0. The van der Waals surface area contributed by atoms with Crippen LogP contribution in [0.1, 0.15) is 44.4 Å². The lowest BCUT2D eigenvalue weighted by Gasteiger charge is -2.21. The lowest BCUT2D eigenvalue weighted by molar-refractivity contribution is -0.137. The van der Waals surface area contributed by atoms with Gasteiger partial charge in [-0.1, -0.05) is 95.6 Å². The van der Waals surface area contributed by atoms with Gasteiger partial charge in [-0.3, -0.25) is 14.4 Å². The Morgan fingerprint density at radius 3 is 2.02 bits per heavy atom. The van der Waals surface area contributed by atoms with E-state index in [9.17, 15) is 19.5 Å². The molecule has 1 unspecified atom stereocenters. The predicted octanol–water partition coefficient (Wildman–Crippen LogP) is 6.56. The van der Waals surface area contributed by atoms with E-state index in [1.54, 1.807) is 43.5 Å². The molecular formula is C40H36N4O6. The van der Waals surface area contributed by atoms with Crippen LogP contribution in [0.15, 0.2) is 126 Å². The third-order valence-corrected chi connectivity index (χ3v) is 8.27. The van der Waals surface area contributed by atoms with Gasteiger partial charge in [-0.25, -0.2) is 0 Å². The van der Waals surface area contributed by atoms with Gasteiger partial charge in [-0.2, -0.15) is 0 Å². The molecule has 0 saturated carbocycles. The van der Waals surface area contributed by atoms with Crippen molar-refractivity contribution in [3.63, 3.8) is 0 Å². The Balaban J connectivity index is 1.04. The van der Waals surface area contributed by atoms with Gasteiger partial charge >= 0.3 is 5.97 Å². The Kier molecular flexibility index (Phi) is 10.2. The summed E-state index contributed by atoms with van der Waals surface area (Å²) in [7, 11) is 1.58. The molecule has 5 aromatic carbocycles. The summed E-state index contributed by atoms with van der Waals surface area (Å²) in [5.74, 6) is -0.506. The van der Waals surface area contributed by atoms with Crippen LogP contribution in [-0.2, 0) is 27.4 Å². The predicted molar refractivity (Wildman–Crippen MR) is 191 cm³/mol. The molecule has 0 saturated heterocycles. The van der Waals surface area contributed by atoms with Gasteiger partial charge in [0.25, 0.3) is 5.91 Å². The number of oxime groups is 1. The molecule has 2 amide bonds. The molecule has 1 heterocycles. The molecule has 3 N–H and O–H groups in total.